The van der Waals surface area contributed by atoms with Crippen molar-refractivity contribution in [1.82, 2.24) is 10.2 Å². The zero-order chi connectivity index (χ0) is 27.6. The zero-order valence-electron chi connectivity index (χ0n) is 22.0. The molecule has 0 aliphatic heterocycles. The van der Waals surface area contributed by atoms with E-state index in [0.717, 1.165) is 5.56 Å². The van der Waals surface area contributed by atoms with E-state index in [4.69, 9.17) is 9.47 Å². The topological polar surface area (TPSA) is 67.9 Å². The van der Waals surface area contributed by atoms with Crippen molar-refractivity contribution in [2.24, 2.45) is 0 Å². The molecule has 200 valence electrons. The van der Waals surface area contributed by atoms with Gasteiger partial charge in [-0.05, 0) is 46.5 Å². The number of methoxy groups -OCH3 is 2. The van der Waals surface area contributed by atoms with Gasteiger partial charge in [0.25, 0.3) is 0 Å². The van der Waals surface area contributed by atoms with Crippen LogP contribution in [0.25, 0.3) is 0 Å². The molecule has 0 bridgehead atoms. The van der Waals surface area contributed by atoms with Gasteiger partial charge in [-0.2, -0.15) is 0 Å². The SMILES string of the molecule is COc1ccc(CC(=O)N(Cc2ccc(F)cc2)[C@@H](C(=O)NCc2ccccc2)c2ccccc2)cc1OC. The Bertz CT molecular complexity index is 1380. The first-order valence-corrected chi connectivity index (χ1v) is 12.6. The van der Waals surface area contributed by atoms with E-state index >= 15 is 0 Å². The first-order valence-electron chi connectivity index (χ1n) is 12.6. The average Bonchev–Trinajstić information content (AvgIpc) is 2.97. The van der Waals surface area contributed by atoms with Crippen LogP contribution >= 0.6 is 0 Å². The van der Waals surface area contributed by atoms with Gasteiger partial charge in [-0.1, -0.05) is 78.9 Å². The highest BCUT2D eigenvalue weighted by molar-refractivity contribution is 5.89. The number of hydrogen-bond acceptors (Lipinski definition) is 4. The fourth-order valence-electron chi connectivity index (χ4n) is 4.37. The van der Waals surface area contributed by atoms with Crippen LogP contribution in [0.1, 0.15) is 28.3 Å². The molecule has 0 spiro atoms. The highest BCUT2D eigenvalue weighted by Crippen LogP contribution is 2.29. The van der Waals surface area contributed by atoms with Gasteiger partial charge in [0.15, 0.2) is 11.5 Å². The maximum Gasteiger partial charge on any atom is 0.247 e. The lowest BCUT2D eigenvalue weighted by Crippen LogP contribution is -2.43. The highest BCUT2D eigenvalue weighted by atomic mass is 19.1. The molecule has 1 atom stereocenters. The summed E-state index contributed by atoms with van der Waals surface area (Å²) in [5.41, 5.74) is 3.03. The molecule has 0 aromatic heterocycles. The fraction of sp³-hybridized carbons (Fsp3) is 0.188. The van der Waals surface area contributed by atoms with E-state index in [1.165, 1.54) is 19.2 Å². The largest absolute Gasteiger partial charge is 0.493 e. The molecule has 0 saturated heterocycles. The van der Waals surface area contributed by atoms with Gasteiger partial charge in [0.1, 0.15) is 11.9 Å². The van der Waals surface area contributed by atoms with Crippen molar-refractivity contribution in [1.29, 1.82) is 0 Å². The Morgan fingerprint density at radius 1 is 0.769 bits per heavy atom. The van der Waals surface area contributed by atoms with E-state index in [-0.39, 0.29) is 30.6 Å². The lowest BCUT2D eigenvalue weighted by atomic mass is 10.0. The molecule has 7 heteroatoms. The van der Waals surface area contributed by atoms with E-state index in [2.05, 4.69) is 5.32 Å². The number of halogens is 1. The van der Waals surface area contributed by atoms with Crippen LogP contribution in [-0.2, 0) is 29.1 Å². The summed E-state index contributed by atoms with van der Waals surface area (Å²) < 4.78 is 24.4. The summed E-state index contributed by atoms with van der Waals surface area (Å²) in [6.07, 6.45) is 0.0247. The Morgan fingerprint density at radius 2 is 1.38 bits per heavy atom. The van der Waals surface area contributed by atoms with Gasteiger partial charge in [-0.15, -0.1) is 0 Å². The molecule has 0 radical (unpaired) electrons. The molecule has 2 amide bonds. The van der Waals surface area contributed by atoms with Crippen molar-refractivity contribution in [3.63, 3.8) is 0 Å². The Labute approximate surface area is 228 Å². The van der Waals surface area contributed by atoms with E-state index in [1.54, 1.807) is 42.3 Å². The Morgan fingerprint density at radius 3 is 2.03 bits per heavy atom. The molecule has 1 N–H and O–H groups in total. The van der Waals surface area contributed by atoms with Gasteiger partial charge in [0.2, 0.25) is 11.8 Å². The van der Waals surface area contributed by atoms with E-state index in [0.29, 0.717) is 34.7 Å². The first-order chi connectivity index (χ1) is 19.0. The molecule has 6 nitrogen and oxygen atoms in total. The predicted octanol–water partition coefficient (Wildman–Crippen LogP) is 5.47. The molecule has 0 unspecified atom stereocenters. The Balaban J connectivity index is 1.68. The quantitative estimate of drug-likeness (QED) is 0.281. The predicted molar refractivity (Wildman–Crippen MR) is 148 cm³/mol. The van der Waals surface area contributed by atoms with Gasteiger partial charge < -0.3 is 19.7 Å². The number of amides is 2. The molecule has 0 aliphatic carbocycles. The minimum absolute atomic E-state index is 0.0247. The number of rotatable bonds is 11. The molecular formula is C32H31FN2O4. The van der Waals surface area contributed by atoms with Gasteiger partial charge in [-0.3, -0.25) is 9.59 Å². The number of carbonyl (C=O) groups is 2. The van der Waals surface area contributed by atoms with Crippen LogP contribution in [0.15, 0.2) is 103 Å². The summed E-state index contributed by atoms with van der Waals surface area (Å²) in [6, 6.07) is 29.1. The van der Waals surface area contributed by atoms with E-state index in [9.17, 15) is 14.0 Å². The zero-order valence-corrected chi connectivity index (χ0v) is 22.0. The molecule has 0 aliphatic rings. The van der Waals surface area contributed by atoms with Crippen molar-refractivity contribution in [3.8, 4) is 11.5 Å². The maximum absolute atomic E-state index is 13.9. The standard InChI is InChI=1S/C32H31FN2O4/c1-38-28-18-15-25(19-29(28)39-2)20-30(36)35(22-24-13-16-27(33)17-14-24)31(26-11-7-4-8-12-26)32(37)34-21-23-9-5-3-6-10-23/h3-19,31H,20-22H2,1-2H3,(H,34,37)/t31-/m1/s1. The van der Waals surface area contributed by atoms with Crippen LogP contribution in [0.2, 0.25) is 0 Å². The van der Waals surface area contributed by atoms with Gasteiger partial charge >= 0.3 is 0 Å². The van der Waals surface area contributed by atoms with Crippen molar-refractivity contribution in [3.05, 3.63) is 131 Å². The summed E-state index contributed by atoms with van der Waals surface area (Å²) in [4.78, 5) is 29.2. The number of benzene rings is 4. The summed E-state index contributed by atoms with van der Waals surface area (Å²) in [5.74, 6) is 0.109. The molecule has 0 fully saturated rings. The number of nitrogens with one attached hydrogen (secondary N) is 1. The Hall–Kier alpha value is -4.65. The normalized spacial score (nSPS) is 11.4. The summed E-state index contributed by atoms with van der Waals surface area (Å²) in [5, 5.41) is 3.00. The molecule has 39 heavy (non-hydrogen) atoms. The minimum Gasteiger partial charge on any atom is -0.493 e. The second kappa shape index (κ2) is 13.2. The summed E-state index contributed by atoms with van der Waals surface area (Å²) in [6.45, 7) is 0.433. The lowest BCUT2D eigenvalue weighted by Gasteiger charge is -2.32. The number of carbonyl (C=O) groups excluding carboxylic acids is 2. The van der Waals surface area contributed by atoms with E-state index < -0.39 is 6.04 Å². The minimum atomic E-state index is -0.910. The molecule has 0 saturated carbocycles. The fourth-order valence-corrected chi connectivity index (χ4v) is 4.37. The van der Waals surface area contributed by atoms with Crippen LogP contribution in [0.4, 0.5) is 4.39 Å². The summed E-state index contributed by atoms with van der Waals surface area (Å²) in [7, 11) is 3.08. The molecule has 4 aromatic carbocycles. The first kappa shape index (κ1) is 27.4. The second-order valence-electron chi connectivity index (χ2n) is 9.03. The van der Waals surface area contributed by atoms with Crippen molar-refractivity contribution in [2.75, 3.05) is 14.2 Å². The van der Waals surface area contributed by atoms with Gasteiger partial charge in [0, 0.05) is 13.1 Å². The number of nitrogens with zero attached hydrogens (tertiary/aromatic N) is 1. The molecular weight excluding hydrogens is 495 g/mol. The van der Waals surface area contributed by atoms with Crippen LogP contribution < -0.4 is 14.8 Å². The second-order valence-corrected chi connectivity index (χ2v) is 9.03. The monoisotopic (exact) mass is 526 g/mol. The maximum atomic E-state index is 13.9. The van der Waals surface area contributed by atoms with Crippen LogP contribution in [0.3, 0.4) is 0 Å². The molecule has 4 aromatic rings. The highest BCUT2D eigenvalue weighted by Gasteiger charge is 2.31. The summed E-state index contributed by atoms with van der Waals surface area (Å²) >= 11 is 0. The third-order valence-corrected chi connectivity index (χ3v) is 6.37. The third kappa shape index (κ3) is 7.23. The lowest BCUT2D eigenvalue weighted by molar-refractivity contribution is -0.141. The smallest absolute Gasteiger partial charge is 0.247 e. The van der Waals surface area contributed by atoms with Gasteiger partial charge in [-0.25, -0.2) is 4.39 Å². The van der Waals surface area contributed by atoms with E-state index in [1.807, 2.05) is 60.7 Å². The average molecular weight is 527 g/mol. The Kier molecular flexibility index (Phi) is 9.29. The number of ether oxygens (including phenoxy) is 2. The van der Waals surface area contributed by atoms with Crippen molar-refractivity contribution < 1.29 is 23.5 Å². The third-order valence-electron chi connectivity index (χ3n) is 6.37. The van der Waals surface area contributed by atoms with Crippen molar-refractivity contribution >= 4 is 11.8 Å². The molecule has 4 rings (SSSR count). The molecule has 0 heterocycles. The van der Waals surface area contributed by atoms with Crippen LogP contribution in [0, 0.1) is 5.82 Å². The number of hydrogen-bond donors (Lipinski definition) is 1. The van der Waals surface area contributed by atoms with Crippen LogP contribution in [-0.4, -0.2) is 30.9 Å². The van der Waals surface area contributed by atoms with Gasteiger partial charge in [0.05, 0.1) is 20.6 Å². The van der Waals surface area contributed by atoms with Crippen LogP contribution in [0.5, 0.6) is 11.5 Å². The van der Waals surface area contributed by atoms with Crippen molar-refractivity contribution in [2.45, 2.75) is 25.6 Å².